The molecule has 0 spiro atoms. The van der Waals surface area contributed by atoms with Crippen LogP contribution in [0.5, 0.6) is 0 Å². The number of hydrogen-bond donors (Lipinski definition) is 2. The van der Waals surface area contributed by atoms with Gasteiger partial charge in [0.1, 0.15) is 0 Å². The Morgan fingerprint density at radius 1 is 1.32 bits per heavy atom. The van der Waals surface area contributed by atoms with Gasteiger partial charge in [-0.3, -0.25) is 4.79 Å². The zero-order chi connectivity index (χ0) is 13.8. The molecule has 0 unspecified atom stereocenters. The van der Waals surface area contributed by atoms with Gasteiger partial charge in [-0.15, -0.1) is 0 Å². The van der Waals surface area contributed by atoms with E-state index in [1.807, 2.05) is 49.4 Å². The predicted octanol–water partition coefficient (Wildman–Crippen LogP) is 2.41. The molecule has 1 heterocycles. The van der Waals surface area contributed by atoms with Crippen LogP contribution in [-0.2, 0) is 4.79 Å². The Balaban J connectivity index is 2.27. The monoisotopic (exact) mass is 272 g/mol. The highest BCUT2D eigenvalue weighted by atomic mass is 32.1. The number of rotatable bonds is 3. The summed E-state index contributed by atoms with van der Waals surface area (Å²) in [6.07, 6.45) is 3.95. The molecule has 0 amide bonds. The zero-order valence-corrected chi connectivity index (χ0v) is 11.8. The highest BCUT2D eigenvalue weighted by Gasteiger charge is 2.23. The van der Waals surface area contributed by atoms with E-state index in [0.29, 0.717) is 5.11 Å². The van der Waals surface area contributed by atoms with E-state index in [1.165, 1.54) is 0 Å². The molecule has 98 valence electrons. The summed E-state index contributed by atoms with van der Waals surface area (Å²) in [5.41, 5.74) is 2.63. The first kappa shape index (κ1) is 13.5. The Labute approximate surface area is 118 Å². The van der Waals surface area contributed by atoms with Crippen molar-refractivity contribution >= 4 is 29.2 Å². The van der Waals surface area contributed by atoms with Crippen LogP contribution in [0.25, 0.3) is 6.08 Å². The second kappa shape index (κ2) is 5.80. The van der Waals surface area contributed by atoms with Crippen molar-refractivity contribution in [1.29, 1.82) is 0 Å². The van der Waals surface area contributed by atoms with Crippen LogP contribution in [0.3, 0.4) is 0 Å². The lowest BCUT2D eigenvalue weighted by molar-refractivity contribution is -0.113. The summed E-state index contributed by atoms with van der Waals surface area (Å²) in [5, 5.41) is 6.63. The molecule has 19 heavy (non-hydrogen) atoms. The molecule has 2 rings (SSSR count). The van der Waals surface area contributed by atoms with Crippen LogP contribution in [-0.4, -0.2) is 16.9 Å². The molecule has 0 radical (unpaired) electrons. The van der Waals surface area contributed by atoms with Crippen molar-refractivity contribution in [3.8, 4) is 0 Å². The minimum Gasteiger partial charge on any atom is -0.352 e. The summed E-state index contributed by atoms with van der Waals surface area (Å²) >= 11 is 5.13. The van der Waals surface area contributed by atoms with Crippen molar-refractivity contribution in [3.63, 3.8) is 0 Å². The highest BCUT2D eigenvalue weighted by Crippen LogP contribution is 2.15. The smallest absolute Gasteiger partial charge is 0.171 e. The third-order valence-electron chi connectivity index (χ3n) is 2.96. The number of carbonyl (C=O) groups is 1. The van der Waals surface area contributed by atoms with E-state index in [-0.39, 0.29) is 11.8 Å². The van der Waals surface area contributed by atoms with Gasteiger partial charge in [-0.25, -0.2) is 0 Å². The fourth-order valence-corrected chi connectivity index (χ4v) is 2.40. The van der Waals surface area contributed by atoms with Gasteiger partial charge < -0.3 is 10.6 Å². The molecule has 0 aliphatic carbocycles. The molecule has 4 heteroatoms. The van der Waals surface area contributed by atoms with Crippen molar-refractivity contribution in [2.45, 2.75) is 19.9 Å². The molecule has 0 fully saturated rings. The maximum atomic E-state index is 11.7. The molecular weight excluding hydrogens is 256 g/mol. The van der Waals surface area contributed by atoms with E-state index < -0.39 is 0 Å². The van der Waals surface area contributed by atoms with Crippen LogP contribution < -0.4 is 10.6 Å². The number of allylic oxidation sites excluding steroid dienone is 1. The van der Waals surface area contributed by atoms with Gasteiger partial charge in [-0.2, -0.15) is 0 Å². The van der Waals surface area contributed by atoms with Crippen molar-refractivity contribution in [1.82, 2.24) is 10.6 Å². The summed E-state index contributed by atoms with van der Waals surface area (Å²) in [7, 11) is 0. The number of Topliss-reactive ketones (excluding diaryl/α,β-unsaturated/α-hetero) is 1. The Morgan fingerprint density at radius 3 is 2.63 bits per heavy atom. The fourth-order valence-electron chi connectivity index (χ4n) is 2.12. The summed E-state index contributed by atoms with van der Waals surface area (Å²) in [4.78, 5) is 11.7. The van der Waals surface area contributed by atoms with Gasteiger partial charge in [0.2, 0.25) is 0 Å². The second-order valence-corrected chi connectivity index (χ2v) is 4.85. The van der Waals surface area contributed by atoms with Gasteiger partial charge in [0.15, 0.2) is 10.9 Å². The molecule has 1 atom stereocenters. The maximum absolute atomic E-state index is 11.7. The Bertz CT molecular complexity index is 561. The van der Waals surface area contributed by atoms with Crippen LogP contribution in [0, 0.1) is 0 Å². The van der Waals surface area contributed by atoms with Crippen molar-refractivity contribution in [3.05, 3.63) is 53.2 Å². The quantitative estimate of drug-likeness (QED) is 0.829. The Morgan fingerprint density at radius 2 is 2.00 bits per heavy atom. The van der Waals surface area contributed by atoms with E-state index in [1.54, 1.807) is 6.92 Å². The second-order valence-electron chi connectivity index (χ2n) is 4.44. The van der Waals surface area contributed by atoms with Crippen LogP contribution >= 0.6 is 12.2 Å². The van der Waals surface area contributed by atoms with Crippen LogP contribution in [0.4, 0.5) is 0 Å². The number of benzene rings is 1. The number of nitrogens with one attached hydrogen (secondary N) is 2. The van der Waals surface area contributed by atoms with Crippen molar-refractivity contribution < 1.29 is 4.79 Å². The standard InChI is InChI=1S/C15H16N2OS/c1-10-14(11(2)18)13(17-15(19)16-10)9-8-12-6-4-3-5-7-12/h3-9,13H,1-2H3,(H2,16,17,19)/b9-8+/t13-/m1/s1. The van der Waals surface area contributed by atoms with Gasteiger partial charge >= 0.3 is 0 Å². The third-order valence-corrected chi connectivity index (χ3v) is 3.18. The highest BCUT2D eigenvalue weighted by molar-refractivity contribution is 7.80. The van der Waals surface area contributed by atoms with Crippen LogP contribution in [0.15, 0.2) is 47.7 Å². The largest absolute Gasteiger partial charge is 0.352 e. The predicted molar refractivity (Wildman–Crippen MR) is 81.5 cm³/mol. The molecule has 3 nitrogen and oxygen atoms in total. The van der Waals surface area contributed by atoms with Gasteiger partial charge in [0.25, 0.3) is 0 Å². The third kappa shape index (κ3) is 3.29. The molecule has 1 aromatic carbocycles. The van der Waals surface area contributed by atoms with Gasteiger partial charge in [0.05, 0.1) is 6.04 Å². The molecule has 0 aromatic heterocycles. The number of carbonyl (C=O) groups excluding carboxylic acids is 1. The van der Waals surface area contributed by atoms with Crippen molar-refractivity contribution in [2.24, 2.45) is 0 Å². The number of ketones is 1. The molecule has 1 aliphatic rings. The summed E-state index contributed by atoms with van der Waals surface area (Å²) in [6.45, 7) is 3.44. The van der Waals surface area contributed by atoms with Gasteiger partial charge in [-0.05, 0) is 31.6 Å². The summed E-state index contributed by atoms with van der Waals surface area (Å²) < 4.78 is 0. The van der Waals surface area contributed by atoms with E-state index in [0.717, 1.165) is 16.8 Å². The van der Waals surface area contributed by atoms with Gasteiger partial charge in [-0.1, -0.05) is 42.5 Å². The van der Waals surface area contributed by atoms with Crippen LogP contribution in [0.1, 0.15) is 19.4 Å². The average Bonchev–Trinajstić information content (AvgIpc) is 2.36. The number of thiocarbonyl (C=S) groups is 1. The van der Waals surface area contributed by atoms with E-state index in [4.69, 9.17) is 12.2 Å². The lowest BCUT2D eigenvalue weighted by Gasteiger charge is -2.27. The first-order valence-corrected chi connectivity index (χ1v) is 6.51. The Kier molecular flexibility index (Phi) is 4.12. The molecule has 0 bridgehead atoms. The van der Waals surface area contributed by atoms with E-state index in [2.05, 4.69) is 10.6 Å². The molecule has 0 saturated heterocycles. The van der Waals surface area contributed by atoms with Crippen molar-refractivity contribution in [2.75, 3.05) is 0 Å². The molecule has 1 aromatic rings. The van der Waals surface area contributed by atoms with Crippen LogP contribution in [0.2, 0.25) is 0 Å². The minimum absolute atomic E-state index is 0.0442. The fraction of sp³-hybridized carbons (Fsp3) is 0.200. The molecule has 0 saturated carbocycles. The first-order valence-electron chi connectivity index (χ1n) is 6.10. The lowest BCUT2D eigenvalue weighted by atomic mass is 9.98. The van der Waals surface area contributed by atoms with Gasteiger partial charge in [0, 0.05) is 11.3 Å². The summed E-state index contributed by atoms with van der Waals surface area (Å²) in [5.74, 6) is 0.0442. The molecule has 1 aliphatic heterocycles. The SMILES string of the molecule is CC(=O)C1=C(C)NC(=S)N[C@@H]1/C=C/c1ccccc1. The van der Waals surface area contributed by atoms with E-state index >= 15 is 0 Å². The summed E-state index contributed by atoms with van der Waals surface area (Å²) in [6, 6.07) is 9.78. The molecule has 2 N–H and O–H groups in total. The lowest BCUT2D eigenvalue weighted by Crippen LogP contribution is -2.48. The topological polar surface area (TPSA) is 41.1 Å². The normalized spacial score (nSPS) is 19.3. The first-order chi connectivity index (χ1) is 9.08. The number of hydrogen-bond acceptors (Lipinski definition) is 2. The van der Waals surface area contributed by atoms with E-state index in [9.17, 15) is 4.79 Å². The molecular formula is C15H16N2OS. The Hall–Kier alpha value is -1.94. The average molecular weight is 272 g/mol. The minimum atomic E-state index is -0.175. The maximum Gasteiger partial charge on any atom is 0.171 e. The zero-order valence-electron chi connectivity index (χ0n) is 10.9.